The summed E-state index contributed by atoms with van der Waals surface area (Å²) in [4.78, 5) is 12.5. The Morgan fingerprint density at radius 3 is 2.56 bits per heavy atom. The molecule has 1 heterocycles. The van der Waals surface area contributed by atoms with Gasteiger partial charge in [0.15, 0.2) is 0 Å². The predicted octanol–water partition coefficient (Wildman–Crippen LogP) is 4.21. The largest absolute Gasteiger partial charge is 0.322 e. The number of amides is 1. The molecule has 1 fully saturated rings. The summed E-state index contributed by atoms with van der Waals surface area (Å²) in [5, 5.41) is 3.06. The summed E-state index contributed by atoms with van der Waals surface area (Å²) in [5.41, 5.74) is 0.758. The van der Waals surface area contributed by atoms with Crippen molar-refractivity contribution in [2.24, 2.45) is 0 Å². The van der Waals surface area contributed by atoms with E-state index in [9.17, 15) is 17.6 Å². The lowest BCUT2D eigenvalue weighted by Gasteiger charge is -2.26. The highest BCUT2D eigenvalue weighted by atomic mass is 35.5. The second-order valence-electron chi connectivity index (χ2n) is 6.47. The van der Waals surface area contributed by atoms with Crippen LogP contribution in [-0.4, -0.2) is 31.7 Å². The van der Waals surface area contributed by atoms with E-state index in [1.54, 1.807) is 25.1 Å². The van der Waals surface area contributed by atoms with Gasteiger partial charge in [0.25, 0.3) is 5.91 Å². The van der Waals surface area contributed by atoms with E-state index < -0.39 is 21.7 Å². The molecule has 0 aromatic heterocycles. The first-order valence-electron chi connectivity index (χ1n) is 8.67. The molecule has 0 bridgehead atoms. The zero-order chi connectivity index (χ0) is 19.6. The van der Waals surface area contributed by atoms with E-state index in [1.807, 2.05) is 0 Å². The summed E-state index contributed by atoms with van der Waals surface area (Å²) in [6.07, 6.45) is 2.58. The van der Waals surface area contributed by atoms with Gasteiger partial charge in [-0.2, -0.15) is 4.31 Å². The Morgan fingerprint density at radius 2 is 1.85 bits per heavy atom. The minimum Gasteiger partial charge on any atom is -0.322 e. The minimum absolute atomic E-state index is 0.0845. The number of piperidine rings is 1. The number of hydrogen-bond acceptors (Lipinski definition) is 3. The molecule has 0 spiro atoms. The number of halogens is 2. The highest BCUT2D eigenvalue weighted by molar-refractivity contribution is 7.89. The molecule has 1 amide bonds. The fourth-order valence-electron chi connectivity index (χ4n) is 3.03. The summed E-state index contributed by atoms with van der Waals surface area (Å²) in [6, 6.07) is 8.29. The van der Waals surface area contributed by atoms with Gasteiger partial charge >= 0.3 is 0 Å². The topological polar surface area (TPSA) is 66.5 Å². The monoisotopic (exact) mass is 410 g/mol. The number of rotatable bonds is 4. The van der Waals surface area contributed by atoms with E-state index in [4.69, 9.17) is 11.6 Å². The number of benzene rings is 2. The molecule has 2 aromatic carbocycles. The number of carbonyl (C=O) groups is 1. The molecule has 144 valence electrons. The number of sulfonamides is 1. The zero-order valence-corrected chi connectivity index (χ0v) is 16.4. The molecular weight excluding hydrogens is 391 g/mol. The van der Waals surface area contributed by atoms with Gasteiger partial charge in [0, 0.05) is 23.8 Å². The molecule has 1 saturated heterocycles. The van der Waals surface area contributed by atoms with E-state index in [1.165, 1.54) is 10.4 Å². The molecule has 5 nitrogen and oxygen atoms in total. The first-order valence-corrected chi connectivity index (χ1v) is 10.5. The third-order valence-electron chi connectivity index (χ3n) is 4.65. The second kappa shape index (κ2) is 7.96. The van der Waals surface area contributed by atoms with Crippen molar-refractivity contribution >= 4 is 33.2 Å². The molecule has 0 radical (unpaired) electrons. The van der Waals surface area contributed by atoms with E-state index in [0.29, 0.717) is 29.4 Å². The van der Waals surface area contributed by atoms with E-state index >= 15 is 0 Å². The van der Waals surface area contributed by atoms with Gasteiger partial charge < -0.3 is 5.32 Å². The maximum absolute atomic E-state index is 14.2. The highest BCUT2D eigenvalue weighted by Gasteiger charge is 2.27. The number of carbonyl (C=O) groups excluding carboxylic acids is 1. The molecule has 0 unspecified atom stereocenters. The van der Waals surface area contributed by atoms with Crippen molar-refractivity contribution in [1.82, 2.24) is 4.31 Å². The van der Waals surface area contributed by atoms with Gasteiger partial charge in [0.05, 0.1) is 10.5 Å². The Kier molecular flexibility index (Phi) is 5.83. The summed E-state index contributed by atoms with van der Waals surface area (Å²) >= 11 is 6.04. The van der Waals surface area contributed by atoms with Crippen molar-refractivity contribution in [1.29, 1.82) is 0 Å². The smallest absolute Gasteiger partial charge is 0.258 e. The van der Waals surface area contributed by atoms with Crippen LogP contribution < -0.4 is 5.32 Å². The second-order valence-corrected chi connectivity index (χ2v) is 8.82. The number of nitrogens with zero attached hydrogens (tertiary/aromatic N) is 1. The van der Waals surface area contributed by atoms with Crippen LogP contribution in [0.2, 0.25) is 5.02 Å². The Morgan fingerprint density at radius 1 is 1.15 bits per heavy atom. The quantitative estimate of drug-likeness (QED) is 0.820. The van der Waals surface area contributed by atoms with Crippen LogP contribution in [0.1, 0.15) is 35.2 Å². The first-order chi connectivity index (χ1) is 12.8. The van der Waals surface area contributed by atoms with Gasteiger partial charge in [-0.15, -0.1) is 0 Å². The molecule has 1 aliphatic rings. The third kappa shape index (κ3) is 4.15. The van der Waals surface area contributed by atoms with E-state index in [0.717, 1.165) is 31.4 Å². The minimum atomic E-state index is -3.76. The standard InChI is InChI=1S/C19H20ClFN2O3S/c1-13-16(20)6-5-7-18(13)22-19(24)15-12-14(8-9-17(15)21)27(25,26)23-10-3-2-4-11-23/h5-9,12H,2-4,10-11H2,1H3,(H,22,24). The first kappa shape index (κ1) is 19.8. The van der Waals surface area contributed by atoms with Gasteiger partial charge in [0.2, 0.25) is 10.0 Å². The van der Waals surface area contributed by atoms with Crippen LogP contribution in [0.5, 0.6) is 0 Å². The van der Waals surface area contributed by atoms with Crippen LogP contribution in [0.4, 0.5) is 10.1 Å². The zero-order valence-electron chi connectivity index (χ0n) is 14.8. The van der Waals surface area contributed by atoms with Crippen molar-refractivity contribution in [3.8, 4) is 0 Å². The summed E-state index contributed by atoms with van der Waals surface area (Å²) in [5.74, 6) is -1.52. The van der Waals surface area contributed by atoms with Crippen molar-refractivity contribution in [2.45, 2.75) is 31.1 Å². The summed E-state index contributed by atoms with van der Waals surface area (Å²) in [6.45, 7) is 2.59. The van der Waals surface area contributed by atoms with Crippen LogP contribution in [0.25, 0.3) is 0 Å². The molecule has 0 aliphatic carbocycles. The molecule has 2 aromatic rings. The van der Waals surface area contributed by atoms with Crippen molar-refractivity contribution in [3.05, 3.63) is 58.4 Å². The number of nitrogens with one attached hydrogen (secondary N) is 1. The van der Waals surface area contributed by atoms with Crippen LogP contribution in [0.15, 0.2) is 41.3 Å². The molecule has 1 aliphatic heterocycles. The average molecular weight is 411 g/mol. The lowest BCUT2D eigenvalue weighted by atomic mass is 10.1. The fourth-order valence-corrected chi connectivity index (χ4v) is 4.74. The van der Waals surface area contributed by atoms with E-state index in [-0.39, 0.29) is 10.5 Å². The number of hydrogen-bond donors (Lipinski definition) is 1. The van der Waals surface area contributed by atoms with Crippen molar-refractivity contribution in [2.75, 3.05) is 18.4 Å². The van der Waals surface area contributed by atoms with Crippen molar-refractivity contribution in [3.63, 3.8) is 0 Å². The lowest BCUT2D eigenvalue weighted by Crippen LogP contribution is -2.35. The maximum atomic E-state index is 14.2. The van der Waals surface area contributed by atoms with Gasteiger partial charge in [0.1, 0.15) is 5.82 Å². The van der Waals surface area contributed by atoms with Crippen LogP contribution in [0.3, 0.4) is 0 Å². The van der Waals surface area contributed by atoms with Crippen LogP contribution in [0, 0.1) is 12.7 Å². The molecule has 0 saturated carbocycles. The van der Waals surface area contributed by atoms with Crippen LogP contribution >= 0.6 is 11.6 Å². The van der Waals surface area contributed by atoms with Gasteiger partial charge in [-0.05, 0) is 55.7 Å². The fraction of sp³-hybridized carbons (Fsp3) is 0.316. The molecular formula is C19H20ClFN2O3S. The molecule has 8 heteroatoms. The van der Waals surface area contributed by atoms with Gasteiger partial charge in [-0.25, -0.2) is 12.8 Å². The Hall–Kier alpha value is -1.96. The van der Waals surface area contributed by atoms with Gasteiger partial charge in [-0.3, -0.25) is 4.79 Å². The Balaban J connectivity index is 1.91. The van der Waals surface area contributed by atoms with Crippen LogP contribution in [-0.2, 0) is 10.0 Å². The maximum Gasteiger partial charge on any atom is 0.258 e. The molecule has 0 atom stereocenters. The summed E-state index contributed by atoms with van der Waals surface area (Å²) < 4.78 is 41.2. The lowest BCUT2D eigenvalue weighted by molar-refractivity contribution is 0.102. The number of anilines is 1. The molecule has 1 N–H and O–H groups in total. The SMILES string of the molecule is Cc1c(Cl)cccc1NC(=O)c1cc(S(=O)(=O)N2CCCCC2)ccc1F. The summed E-state index contributed by atoms with van der Waals surface area (Å²) in [7, 11) is -3.76. The molecule has 27 heavy (non-hydrogen) atoms. The highest BCUT2D eigenvalue weighted by Crippen LogP contribution is 2.26. The van der Waals surface area contributed by atoms with Gasteiger partial charge in [-0.1, -0.05) is 24.1 Å². The normalized spacial score (nSPS) is 15.5. The third-order valence-corrected chi connectivity index (χ3v) is 6.96. The Labute approximate surface area is 163 Å². The molecule has 3 rings (SSSR count). The van der Waals surface area contributed by atoms with E-state index in [2.05, 4.69) is 5.32 Å². The van der Waals surface area contributed by atoms with Crippen molar-refractivity contribution < 1.29 is 17.6 Å². The average Bonchev–Trinajstić information content (AvgIpc) is 2.66. The predicted molar refractivity (Wildman–Crippen MR) is 103 cm³/mol. The Bertz CT molecular complexity index is 973.